The van der Waals surface area contributed by atoms with Crippen LogP contribution >= 0.6 is 47.1 Å². The van der Waals surface area contributed by atoms with E-state index in [-0.39, 0.29) is 24.0 Å². The van der Waals surface area contributed by atoms with E-state index in [2.05, 4.69) is 48.2 Å². The molecule has 2 unspecified atom stereocenters. The van der Waals surface area contributed by atoms with Gasteiger partial charge >= 0.3 is 0 Å². The Morgan fingerprint density at radius 2 is 2.28 bits per heavy atom. The molecule has 0 saturated carbocycles. The number of aromatic nitrogens is 1. The molecule has 144 valence electrons. The van der Waals surface area contributed by atoms with Crippen LogP contribution in [0.3, 0.4) is 0 Å². The standard InChI is InChI=1S/C17H31N5S2.HI/c1-5-18-16(19-7-6-9-23-17-20-8-10-24-17)21-15-12-22(13(2)3)11-14(15)4;/h8,10,13-15H,5-7,9,11-12H2,1-4H3,(H2,18,19,21);1H. The Morgan fingerprint density at radius 1 is 1.48 bits per heavy atom. The first-order chi connectivity index (χ1) is 11.6. The van der Waals surface area contributed by atoms with Crippen LogP contribution in [0.1, 0.15) is 34.1 Å². The van der Waals surface area contributed by atoms with E-state index in [1.165, 1.54) is 6.54 Å². The molecule has 0 radical (unpaired) electrons. The van der Waals surface area contributed by atoms with E-state index in [1.807, 2.05) is 23.3 Å². The van der Waals surface area contributed by atoms with E-state index in [9.17, 15) is 0 Å². The van der Waals surface area contributed by atoms with E-state index >= 15 is 0 Å². The number of guanidine groups is 1. The highest BCUT2D eigenvalue weighted by atomic mass is 127. The van der Waals surface area contributed by atoms with Gasteiger partial charge in [-0.25, -0.2) is 4.98 Å². The monoisotopic (exact) mass is 497 g/mol. The maximum atomic E-state index is 4.75. The summed E-state index contributed by atoms with van der Waals surface area (Å²) >= 11 is 3.53. The third-order valence-electron chi connectivity index (χ3n) is 4.24. The van der Waals surface area contributed by atoms with Gasteiger partial charge in [-0.15, -0.1) is 35.3 Å². The lowest BCUT2D eigenvalue weighted by Crippen LogP contribution is -2.46. The van der Waals surface area contributed by atoms with Gasteiger partial charge in [0.15, 0.2) is 5.96 Å². The molecule has 0 spiro atoms. The van der Waals surface area contributed by atoms with Crippen molar-refractivity contribution in [2.75, 3.05) is 31.9 Å². The van der Waals surface area contributed by atoms with Gasteiger partial charge in [0.2, 0.25) is 0 Å². The van der Waals surface area contributed by atoms with Gasteiger partial charge in [-0.1, -0.05) is 18.7 Å². The lowest BCUT2D eigenvalue weighted by atomic mass is 10.1. The highest BCUT2D eigenvalue weighted by molar-refractivity contribution is 14.0. The van der Waals surface area contributed by atoms with Gasteiger partial charge in [-0.3, -0.25) is 9.89 Å². The lowest BCUT2D eigenvalue weighted by molar-refractivity contribution is 0.265. The molecule has 2 atom stereocenters. The van der Waals surface area contributed by atoms with Crippen molar-refractivity contribution in [1.82, 2.24) is 20.5 Å². The summed E-state index contributed by atoms with van der Waals surface area (Å²) in [6.45, 7) is 13.0. The zero-order chi connectivity index (χ0) is 17.4. The number of hydrogen-bond acceptors (Lipinski definition) is 5. The van der Waals surface area contributed by atoms with Crippen LogP contribution in [0.4, 0.5) is 0 Å². The molecule has 2 rings (SSSR count). The zero-order valence-electron chi connectivity index (χ0n) is 15.7. The number of thiazole rings is 1. The van der Waals surface area contributed by atoms with Crippen molar-refractivity contribution < 1.29 is 0 Å². The van der Waals surface area contributed by atoms with Gasteiger partial charge < -0.3 is 10.6 Å². The summed E-state index contributed by atoms with van der Waals surface area (Å²) < 4.78 is 1.15. The Bertz CT molecular complexity index is 495. The summed E-state index contributed by atoms with van der Waals surface area (Å²) in [5, 5.41) is 9.04. The lowest BCUT2D eigenvalue weighted by Gasteiger charge is -2.21. The Balaban J connectivity index is 0.00000312. The molecule has 1 aromatic heterocycles. The number of rotatable bonds is 8. The minimum Gasteiger partial charge on any atom is -0.357 e. The number of nitrogens with one attached hydrogen (secondary N) is 2. The summed E-state index contributed by atoms with van der Waals surface area (Å²) in [5.74, 6) is 2.67. The number of thioether (sulfide) groups is 1. The van der Waals surface area contributed by atoms with Crippen molar-refractivity contribution in [3.8, 4) is 0 Å². The molecule has 25 heavy (non-hydrogen) atoms. The molecule has 2 heterocycles. The van der Waals surface area contributed by atoms with Crippen LogP contribution in [0, 0.1) is 5.92 Å². The van der Waals surface area contributed by atoms with E-state index in [1.54, 1.807) is 11.3 Å². The van der Waals surface area contributed by atoms with Crippen LogP contribution < -0.4 is 10.6 Å². The van der Waals surface area contributed by atoms with E-state index in [4.69, 9.17) is 4.99 Å². The third-order valence-corrected chi connectivity index (χ3v) is 6.30. The largest absolute Gasteiger partial charge is 0.357 e. The molecule has 1 saturated heterocycles. The maximum absolute atomic E-state index is 4.75. The molecule has 1 aromatic rings. The van der Waals surface area contributed by atoms with Crippen LogP contribution in [-0.4, -0.2) is 59.9 Å². The molecule has 1 aliphatic rings. The second-order valence-corrected chi connectivity index (χ2v) is 8.77. The Labute approximate surface area is 177 Å². The van der Waals surface area contributed by atoms with Gasteiger partial charge in [0.25, 0.3) is 0 Å². The molecule has 1 fully saturated rings. The first kappa shape index (κ1) is 23.0. The number of nitrogens with zero attached hydrogens (tertiary/aromatic N) is 3. The van der Waals surface area contributed by atoms with Crippen molar-refractivity contribution in [3.05, 3.63) is 11.6 Å². The van der Waals surface area contributed by atoms with Crippen molar-refractivity contribution in [2.24, 2.45) is 10.9 Å². The molecule has 5 nitrogen and oxygen atoms in total. The average Bonchev–Trinajstić information content (AvgIpc) is 3.17. The summed E-state index contributed by atoms with van der Waals surface area (Å²) in [6.07, 6.45) is 2.93. The topological polar surface area (TPSA) is 52.6 Å². The second kappa shape index (κ2) is 12.3. The fourth-order valence-electron chi connectivity index (χ4n) is 2.81. The smallest absolute Gasteiger partial charge is 0.191 e. The predicted molar refractivity (Wildman–Crippen MR) is 122 cm³/mol. The highest BCUT2D eigenvalue weighted by Gasteiger charge is 2.31. The maximum Gasteiger partial charge on any atom is 0.191 e. The molecule has 0 aliphatic carbocycles. The fraction of sp³-hybridized carbons (Fsp3) is 0.765. The molecule has 8 heteroatoms. The molecule has 0 bridgehead atoms. The third kappa shape index (κ3) is 8.01. The van der Waals surface area contributed by atoms with Crippen LogP contribution in [0.2, 0.25) is 0 Å². The number of halogens is 1. The zero-order valence-corrected chi connectivity index (χ0v) is 19.7. The van der Waals surface area contributed by atoms with Gasteiger partial charge in [0, 0.05) is 55.6 Å². The van der Waals surface area contributed by atoms with Crippen molar-refractivity contribution in [1.29, 1.82) is 0 Å². The number of aliphatic imine (C=N–C) groups is 1. The SMILES string of the molecule is CCNC(=NCCCSc1nccs1)NC1CN(C(C)C)CC1C.I. The Hall–Kier alpha value is -0.0600. The molecule has 0 aromatic carbocycles. The first-order valence-electron chi connectivity index (χ1n) is 8.91. The minimum absolute atomic E-state index is 0. The van der Waals surface area contributed by atoms with Gasteiger partial charge in [0.05, 0.1) is 0 Å². The molecular formula is C17H32IN5S2. The summed E-state index contributed by atoms with van der Waals surface area (Å²) in [5.41, 5.74) is 0. The van der Waals surface area contributed by atoms with Gasteiger partial charge in [0.1, 0.15) is 4.34 Å². The molecule has 2 N–H and O–H groups in total. The first-order valence-corrected chi connectivity index (χ1v) is 10.8. The van der Waals surface area contributed by atoms with Crippen molar-refractivity contribution in [3.63, 3.8) is 0 Å². The summed E-state index contributed by atoms with van der Waals surface area (Å²) in [4.78, 5) is 11.6. The number of likely N-dealkylation sites (tertiary alicyclic amines) is 1. The van der Waals surface area contributed by atoms with Crippen LogP contribution in [0.25, 0.3) is 0 Å². The summed E-state index contributed by atoms with van der Waals surface area (Å²) in [7, 11) is 0. The van der Waals surface area contributed by atoms with E-state index < -0.39 is 0 Å². The summed E-state index contributed by atoms with van der Waals surface area (Å²) in [6, 6.07) is 1.09. The van der Waals surface area contributed by atoms with Crippen LogP contribution in [-0.2, 0) is 0 Å². The Morgan fingerprint density at radius 3 is 2.88 bits per heavy atom. The van der Waals surface area contributed by atoms with Gasteiger partial charge in [-0.2, -0.15) is 0 Å². The predicted octanol–water partition coefficient (Wildman–Crippen LogP) is 3.53. The van der Waals surface area contributed by atoms with E-state index in [0.29, 0.717) is 18.0 Å². The molecule has 1 aliphatic heterocycles. The second-order valence-electron chi connectivity index (χ2n) is 6.54. The van der Waals surface area contributed by atoms with Crippen LogP contribution in [0.5, 0.6) is 0 Å². The minimum atomic E-state index is 0. The van der Waals surface area contributed by atoms with Gasteiger partial charge in [-0.05, 0) is 33.1 Å². The number of hydrogen-bond donors (Lipinski definition) is 2. The van der Waals surface area contributed by atoms with E-state index in [0.717, 1.165) is 42.1 Å². The molecular weight excluding hydrogens is 465 g/mol. The molecule has 0 amide bonds. The quantitative estimate of drug-likeness (QED) is 0.189. The average molecular weight is 498 g/mol. The highest BCUT2D eigenvalue weighted by Crippen LogP contribution is 2.21. The fourth-order valence-corrected chi connectivity index (χ4v) is 4.44. The van der Waals surface area contributed by atoms with Crippen molar-refractivity contribution >= 4 is 53.0 Å². The van der Waals surface area contributed by atoms with Crippen molar-refractivity contribution in [2.45, 2.75) is 50.5 Å². The normalized spacial score (nSPS) is 21.4. The van der Waals surface area contributed by atoms with Crippen LogP contribution in [0.15, 0.2) is 20.9 Å². The Kier molecular flexibility index (Phi) is 11.4.